The van der Waals surface area contributed by atoms with Crippen LogP contribution in [0.3, 0.4) is 0 Å². The van der Waals surface area contributed by atoms with E-state index in [0.29, 0.717) is 11.8 Å². The summed E-state index contributed by atoms with van der Waals surface area (Å²) >= 11 is 0. The maximum Gasteiger partial charge on any atom is 0.0273 e. The standard InChI is InChI=1S/C57H68P2/c1-53(2,3)41-33-42(54(4,5)6)36-45(35-41)57(46-37-43(55(7,8)9)34-44(38-46)56(10,11)12)51(39-58(47-25-17-13-18-26-47)48-27-19-14-20-28-48)52(57)40-59(49-29-21-15-22-30-49)50-31-23-16-24-32-50/h13-38,51-52H,39-40H2,1-12H3/t51-,52-/m1/s1. The summed E-state index contributed by atoms with van der Waals surface area (Å²) in [6.45, 7) is 28.8. The molecule has 0 radical (unpaired) electrons. The molecule has 0 nitrogen and oxygen atoms in total. The van der Waals surface area contributed by atoms with Gasteiger partial charge in [0.05, 0.1) is 0 Å². The van der Waals surface area contributed by atoms with Crippen molar-refractivity contribution in [2.75, 3.05) is 12.3 Å². The lowest BCUT2D eigenvalue weighted by molar-refractivity contribution is 0.559. The molecule has 7 rings (SSSR count). The van der Waals surface area contributed by atoms with Crippen LogP contribution in [0, 0.1) is 11.8 Å². The van der Waals surface area contributed by atoms with E-state index in [-0.39, 0.29) is 27.1 Å². The molecule has 1 fully saturated rings. The highest BCUT2D eigenvalue weighted by Crippen LogP contribution is 2.70. The SMILES string of the molecule is CC(C)(C)c1cc(C(C)(C)C)cc(C2(c3cc(C(C)(C)C)cc(C(C)(C)C)c3)[C@H](CP(c3ccccc3)c3ccccc3)[C@H]2CP(c2ccccc2)c2ccccc2)c1. The first-order valence-electron chi connectivity index (χ1n) is 21.9. The minimum absolute atomic E-state index is 0.00228. The Labute approximate surface area is 360 Å². The summed E-state index contributed by atoms with van der Waals surface area (Å²) in [5.41, 5.74) is 8.61. The Kier molecular flexibility index (Phi) is 12.1. The second-order valence-electron chi connectivity index (χ2n) is 21.2. The van der Waals surface area contributed by atoms with E-state index in [1.165, 1.54) is 54.6 Å². The maximum atomic E-state index is 2.66. The monoisotopic (exact) mass is 814 g/mol. The van der Waals surface area contributed by atoms with Gasteiger partial charge < -0.3 is 0 Å². The van der Waals surface area contributed by atoms with E-state index >= 15 is 0 Å². The summed E-state index contributed by atoms with van der Waals surface area (Å²) in [4.78, 5) is 0. The average molecular weight is 815 g/mol. The molecule has 0 aromatic heterocycles. The number of hydrogen-bond donors (Lipinski definition) is 0. The molecule has 0 unspecified atom stereocenters. The van der Waals surface area contributed by atoms with Crippen LogP contribution < -0.4 is 21.2 Å². The van der Waals surface area contributed by atoms with Crippen LogP contribution in [-0.2, 0) is 27.1 Å². The molecule has 2 atom stereocenters. The van der Waals surface area contributed by atoms with Crippen molar-refractivity contribution in [1.29, 1.82) is 0 Å². The van der Waals surface area contributed by atoms with Crippen molar-refractivity contribution in [3.05, 3.63) is 191 Å². The summed E-state index contributed by atoms with van der Waals surface area (Å²) in [6.07, 6.45) is 2.27. The fourth-order valence-electron chi connectivity index (χ4n) is 9.11. The minimum Gasteiger partial charge on any atom is -0.0622 e. The van der Waals surface area contributed by atoms with Gasteiger partial charge in [-0.1, -0.05) is 241 Å². The highest BCUT2D eigenvalue weighted by Gasteiger charge is 2.66. The van der Waals surface area contributed by atoms with Gasteiger partial charge in [0.1, 0.15) is 0 Å². The molecule has 1 saturated carbocycles. The molecule has 2 heteroatoms. The first-order chi connectivity index (χ1) is 27.8. The van der Waals surface area contributed by atoms with E-state index in [0.717, 1.165) is 12.3 Å². The summed E-state index contributed by atoms with van der Waals surface area (Å²) in [6, 6.07) is 61.6. The van der Waals surface area contributed by atoms with Gasteiger partial charge in [0, 0.05) is 5.41 Å². The Bertz CT molecular complexity index is 2000. The van der Waals surface area contributed by atoms with Crippen LogP contribution in [0.5, 0.6) is 0 Å². The molecule has 0 N–H and O–H groups in total. The highest BCUT2D eigenvalue weighted by molar-refractivity contribution is 7.73. The predicted molar refractivity (Wildman–Crippen MR) is 263 cm³/mol. The lowest BCUT2D eigenvalue weighted by Gasteiger charge is -2.33. The molecule has 1 aliphatic carbocycles. The fraction of sp³-hybridized carbons (Fsp3) is 0.368. The van der Waals surface area contributed by atoms with Crippen LogP contribution in [0.15, 0.2) is 158 Å². The summed E-state index contributed by atoms with van der Waals surface area (Å²) < 4.78 is 0. The van der Waals surface area contributed by atoms with Gasteiger partial charge in [-0.15, -0.1) is 0 Å². The van der Waals surface area contributed by atoms with Gasteiger partial charge in [-0.25, -0.2) is 0 Å². The van der Waals surface area contributed by atoms with Gasteiger partial charge >= 0.3 is 0 Å². The zero-order chi connectivity index (χ0) is 42.4. The average Bonchev–Trinajstić information content (AvgIpc) is 3.85. The van der Waals surface area contributed by atoms with Gasteiger partial charge in [-0.05, 0) is 116 Å². The van der Waals surface area contributed by atoms with Crippen LogP contribution in [0.25, 0.3) is 0 Å². The van der Waals surface area contributed by atoms with E-state index < -0.39 is 15.8 Å². The van der Waals surface area contributed by atoms with Crippen molar-refractivity contribution in [1.82, 2.24) is 0 Å². The first-order valence-corrected chi connectivity index (χ1v) is 24.9. The van der Waals surface area contributed by atoms with E-state index in [1.54, 1.807) is 0 Å². The molecule has 0 amide bonds. The molecular weight excluding hydrogens is 747 g/mol. The molecule has 0 heterocycles. The van der Waals surface area contributed by atoms with E-state index in [4.69, 9.17) is 0 Å². The topological polar surface area (TPSA) is 0 Å². The number of rotatable bonds is 10. The zero-order valence-corrected chi connectivity index (χ0v) is 39.8. The minimum atomic E-state index is -0.641. The Morgan fingerprint density at radius 1 is 0.339 bits per heavy atom. The number of benzene rings is 6. The summed E-state index contributed by atoms with van der Waals surface area (Å²) in [7, 11) is -1.28. The molecule has 6 aromatic carbocycles. The normalized spacial score (nSPS) is 17.1. The van der Waals surface area contributed by atoms with Crippen LogP contribution in [0.2, 0.25) is 0 Å². The summed E-state index contributed by atoms with van der Waals surface area (Å²) in [5, 5.41) is 5.89. The maximum absolute atomic E-state index is 2.66. The third-order valence-electron chi connectivity index (χ3n) is 12.9. The molecule has 0 aliphatic heterocycles. The van der Waals surface area contributed by atoms with E-state index in [9.17, 15) is 0 Å². The van der Waals surface area contributed by atoms with Crippen molar-refractivity contribution in [3.8, 4) is 0 Å². The molecule has 0 spiro atoms. The van der Waals surface area contributed by atoms with Gasteiger partial charge in [-0.3, -0.25) is 0 Å². The fourth-order valence-corrected chi connectivity index (χ4v) is 14.6. The lowest BCUT2D eigenvalue weighted by atomic mass is 9.73. The van der Waals surface area contributed by atoms with Gasteiger partial charge in [0.2, 0.25) is 0 Å². The molecule has 6 aromatic rings. The molecule has 0 saturated heterocycles. The second kappa shape index (κ2) is 16.6. The van der Waals surface area contributed by atoms with Crippen LogP contribution in [0.1, 0.15) is 116 Å². The van der Waals surface area contributed by atoms with Crippen molar-refractivity contribution >= 4 is 37.1 Å². The van der Waals surface area contributed by atoms with Crippen molar-refractivity contribution in [2.24, 2.45) is 11.8 Å². The Hall–Kier alpha value is -3.82. The van der Waals surface area contributed by atoms with Crippen molar-refractivity contribution in [2.45, 2.75) is 110 Å². The molecule has 1 aliphatic rings. The second-order valence-corrected chi connectivity index (χ2v) is 25.8. The van der Waals surface area contributed by atoms with Crippen molar-refractivity contribution in [3.63, 3.8) is 0 Å². The first kappa shape index (κ1) is 43.3. The molecule has 0 bridgehead atoms. The van der Waals surface area contributed by atoms with Gasteiger partial charge in [0.15, 0.2) is 0 Å². The Morgan fingerprint density at radius 2 is 0.559 bits per heavy atom. The van der Waals surface area contributed by atoms with Crippen LogP contribution >= 0.6 is 15.8 Å². The molecular formula is C57H68P2. The zero-order valence-electron chi connectivity index (χ0n) is 38.0. The lowest BCUT2D eigenvalue weighted by Crippen LogP contribution is -2.25. The van der Waals surface area contributed by atoms with E-state index in [1.807, 2.05) is 0 Å². The summed E-state index contributed by atoms with van der Waals surface area (Å²) in [5.74, 6) is 0.857. The van der Waals surface area contributed by atoms with Gasteiger partial charge in [-0.2, -0.15) is 0 Å². The predicted octanol–water partition coefficient (Wildman–Crippen LogP) is 13.7. The highest BCUT2D eigenvalue weighted by atomic mass is 31.1. The Balaban J connectivity index is 1.57. The smallest absolute Gasteiger partial charge is 0.0273 e. The number of hydrogen-bond acceptors (Lipinski definition) is 0. The molecule has 306 valence electrons. The van der Waals surface area contributed by atoms with E-state index in [2.05, 4.69) is 241 Å². The third-order valence-corrected chi connectivity index (χ3v) is 18.1. The van der Waals surface area contributed by atoms with Crippen LogP contribution in [0.4, 0.5) is 0 Å². The quantitative estimate of drug-likeness (QED) is 0.121. The largest absolute Gasteiger partial charge is 0.0622 e. The van der Waals surface area contributed by atoms with Crippen LogP contribution in [-0.4, -0.2) is 12.3 Å². The van der Waals surface area contributed by atoms with Crippen molar-refractivity contribution < 1.29 is 0 Å². The van der Waals surface area contributed by atoms with Gasteiger partial charge in [0.25, 0.3) is 0 Å². The Morgan fingerprint density at radius 3 is 0.763 bits per heavy atom. The third kappa shape index (κ3) is 9.27. The molecule has 59 heavy (non-hydrogen) atoms.